The number of ether oxygens (including phenoxy) is 1. The van der Waals surface area contributed by atoms with Crippen LogP contribution in [0.15, 0.2) is 67.0 Å². The molecule has 0 spiro atoms. The zero-order valence-corrected chi connectivity index (χ0v) is 15.1. The molecule has 3 aromatic rings. The van der Waals surface area contributed by atoms with Gasteiger partial charge in [0.2, 0.25) is 0 Å². The van der Waals surface area contributed by atoms with E-state index in [0.29, 0.717) is 13.0 Å². The van der Waals surface area contributed by atoms with Gasteiger partial charge in [0.15, 0.2) is 0 Å². The third-order valence-corrected chi connectivity index (χ3v) is 4.40. The molecule has 2 atom stereocenters. The molecule has 0 radical (unpaired) electrons. The van der Waals surface area contributed by atoms with Gasteiger partial charge in [0, 0.05) is 25.5 Å². The van der Waals surface area contributed by atoms with Crippen molar-refractivity contribution in [3.8, 4) is 11.5 Å². The summed E-state index contributed by atoms with van der Waals surface area (Å²) in [6.07, 6.45) is 4.20. The molecule has 26 heavy (non-hydrogen) atoms. The number of hydrogen-bond acceptors (Lipinski definition) is 4. The summed E-state index contributed by atoms with van der Waals surface area (Å²) in [5.74, 6) is 2.61. The standard InChI is InChI=1S/C20H21N3O2.ClH/c24-16-12-19(22-13-16)20-21-9-10-23(20)14-15-5-4-8-18(11-15)25-17-6-2-1-3-7-17;/h1-11,16,19,22,24H,12-14H2;1H/t16-,19+;/m1./s1. The van der Waals surface area contributed by atoms with E-state index in [1.807, 2.05) is 60.9 Å². The van der Waals surface area contributed by atoms with E-state index in [0.717, 1.165) is 29.4 Å². The van der Waals surface area contributed by atoms with Crippen molar-refractivity contribution in [1.82, 2.24) is 14.9 Å². The van der Waals surface area contributed by atoms with Crippen LogP contribution in [0.4, 0.5) is 0 Å². The SMILES string of the molecule is Cl.O[C@H]1CN[C@H](c2nccn2Cc2cccc(Oc3ccccc3)c2)C1. The van der Waals surface area contributed by atoms with Crippen LogP contribution in [0.5, 0.6) is 11.5 Å². The molecule has 0 aliphatic carbocycles. The highest BCUT2D eigenvalue weighted by molar-refractivity contribution is 5.85. The molecule has 2 aromatic carbocycles. The van der Waals surface area contributed by atoms with Crippen LogP contribution in [-0.2, 0) is 6.54 Å². The fraction of sp³-hybridized carbons (Fsp3) is 0.250. The lowest BCUT2D eigenvalue weighted by atomic mass is 10.1. The van der Waals surface area contributed by atoms with E-state index in [-0.39, 0.29) is 24.6 Å². The van der Waals surface area contributed by atoms with E-state index in [1.54, 1.807) is 0 Å². The molecule has 2 heterocycles. The largest absolute Gasteiger partial charge is 0.457 e. The third-order valence-electron chi connectivity index (χ3n) is 4.40. The van der Waals surface area contributed by atoms with Gasteiger partial charge < -0.3 is 19.7 Å². The lowest BCUT2D eigenvalue weighted by Crippen LogP contribution is -2.18. The fourth-order valence-electron chi connectivity index (χ4n) is 3.21. The van der Waals surface area contributed by atoms with Crippen LogP contribution in [0.2, 0.25) is 0 Å². The highest BCUT2D eigenvalue weighted by atomic mass is 35.5. The van der Waals surface area contributed by atoms with Gasteiger partial charge in [0.1, 0.15) is 17.3 Å². The van der Waals surface area contributed by atoms with Gasteiger partial charge in [-0.25, -0.2) is 4.98 Å². The summed E-state index contributed by atoms with van der Waals surface area (Å²) >= 11 is 0. The lowest BCUT2D eigenvalue weighted by molar-refractivity contribution is 0.193. The number of hydrogen-bond donors (Lipinski definition) is 2. The van der Waals surface area contributed by atoms with Gasteiger partial charge >= 0.3 is 0 Å². The van der Waals surface area contributed by atoms with Gasteiger partial charge in [-0.05, 0) is 36.2 Å². The number of para-hydroxylation sites is 1. The molecule has 1 aliphatic rings. The van der Waals surface area contributed by atoms with Gasteiger partial charge in [-0.1, -0.05) is 30.3 Å². The Kier molecular flexibility index (Phi) is 5.93. The predicted octanol–water partition coefficient (Wildman–Crippen LogP) is 3.54. The molecule has 1 aromatic heterocycles. The van der Waals surface area contributed by atoms with E-state index in [2.05, 4.69) is 20.9 Å². The second-order valence-corrected chi connectivity index (χ2v) is 6.33. The Morgan fingerprint density at radius 1 is 1.12 bits per heavy atom. The van der Waals surface area contributed by atoms with Crippen molar-refractivity contribution in [2.24, 2.45) is 0 Å². The normalized spacial score (nSPS) is 19.1. The molecule has 1 fully saturated rings. The average molecular weight is 372 g/mol. The number of β-amino-alcohol motifs (C(OH)–C–C–N with tert-alkyl or cyclic N) is 1. The van der Waals surface area contributed by atoms with E-state index < -0.39 is 0 Å². The first-order valence-corrected chi connectivity index (χ1v) is 8.52. The molecule has 0 bridgehead atoms. The zero-order valence-electron chi connectivity index (χ0n) is 14.3. The third kappa shape index (κ3) is 4.25. The molecule has 5 nitrogen and oxygen atoms in total. The smallest absolute Gasteiger partial charge is 0.127 e. The van der Waals surface area contributed by atoms with E-state index in [9.17, 15) is 5.11 Å². The Morgan fingerprint density at radius 2 is 1.92 bits per heavy atom. The van der Waals surface area contributed by atoms with Gasteiger partial charge in [-0.3, -0.25) is 0 Å². The molecular weight excluding hydrogens is 350 g/mol. The van der Waals surface area contributed by atoms with E-state index in [4.69, 9.17) is 4.74 Å². The molecule has 2 N–H and O–H groups in total. The van der Waals surface area contributed by atoms with Crippen molar-refractivity contribution in [2.75, 3.05) is 6.54 Å². The second-order valence-electron chi connectivity index (χ2n) is 6.33. The molecule has 4 rings (SSSR count). The Bertz CT molecular complexity index is 838. The van der Waals surface area contributed by atoms with E-state index >= 15 is 0 Å². The molecule has 0 amide bonds. The van der Waals surface area contributed by atoms with Gasteiger partial charge in [0.25, 0.3) is 0 Å². The van der Waals surface area contributed by atoms with Gasteiger partial charge in [0.05, 0.1) is 12.1 Å². The molecule has 1 saturated heterocycles. The number of benzene rings is 2. The summed E-state index contributed by atoms with van der Waals surface area (Å²) in [6.45, 7) is 1.34. The maximum absolute atomic E-state index is 9.74. The minimum atomic E-state index is -0.294. The summed E-state index contributed by atoms with van der Waals surface area (Å²) in [4.78, 5) is 4.48. The number of nitrogens with one attached hydrogen (secondary N) is 1. The first kappa shape index (κ1) is 18.5. The van der Waals surface area contributed by atoms with Crippen molar-refractivity contribution in [1.29, 1.82) is 0 Å². The van der Waals surface area contributed by atoms with Crippen molar-refractivity contribution >= 4 is 12.4 Å². The first-order chi connectivity index (χ1) is 12.3. The van der Waals surface area contributed by atoms with Gasteiger partial charge in [-0.15, -0.1) is 12.4 Å². The number of aliphatic hydroxyl groups excluding tert-OH is 1. The number of rotatable bonds is 5. The Morgan fingerprint density at radius 3 is 2.69 bits per heavy atom. The van der Waals surface area contributed by atoms with Crippen LogP contribution >= 0.6 is 12.4 Å². The molecule has 136 valence electrons. The van der Waals surface area contributed by atoms with Gasteiger partial charge in [-0.2, -0.15) is 0 Å². The summed E-state index contributed by atoms with van der Waals surface area (Å²) in [6, 6.07) is 18.0. The molecule has 6 heteroatoms. The second kappa shape index (κ2) is 8.36. The number of imidazole rings is 1. The Labute approximate surface area is 159 Å². The highest BCUT2D eigenvalue weighted by Gasteiger charge is 2.26. The van der Waals surface area contributed by atoms with E-state index in [1.165, 1.54) is 0 Å². The summed E-state index contributed by atoms with van der Waals surface area (Å²) in [5, 5.41) is 13.1. The maximum atomic E-state index is 9.74. The molecule has 1 aliphatic heterocycles. The summed E-state index contributed by atoms with van der Waals surface area (Å²) < 4.78 is 8.03. The molecule has 0 unspecified atom stereocenters. The number of halogens is 1. The quantitative estimate of drug-likeness (QED) is 0.720. The lowest BCUT2D eigenvalue weighted by Gasteiger charge is -2.14. The Hall–Kier alpha value is -2.34. The van der Waals surface area contributed by atoms with Crippen LogP contribution in [0.3, 0.4) is 0 Å². The fourth-order valence-corrected chi connectivity index (χ4v) is 3.21. The minimum absolute atomic E-state index is 0. The summed E-state index contributed by atoms with van der Waals surface area (Å²) in [5.41, 5.74) is 1.14. The molecule has 0 saturated carbocycles. The number of aromatic nitrogens is 2. The first-order valence-electron chi connectivity index (χ1n) is 8.52. The monoisotopic (exact) mass is 371 g/mol. The average Bonchev–Trinajstić information content (AvgIpc) is 3.25. The highest BCUT2D eigenvalue weighted by Crippen LogP contribution is 2.25. The Balaban J connectivity index is 0.00000196. The van der Waals surface area contributed by atoms with Crippen LogP contribution in [0.1, 0.15) is 23.9 Å². The number of aliphatic hydroxyl groups is 1. The summed E-state index contributed by atoms with van der Waals surface area (Å²) in [7, 11) is 0. The van der Waals surface area contributed by atoms with Crippen molar-refractivity contribution in [2.45, 2.75) is 25.1 Å². The predicted molar refractivity (Wildman–Crippen MR) is 103 cm³/mol. The molecular formula is C20H22ClN3O2. The van der Waals surface area contributed by atoms with Crippen molar-refractivity contribution in [3.63, 3.8) is 0 Å². The van der Waals surface area contributed by atoms with Crippen molar-refractivity contribution < 1.29 is 9.84 Å². The van der Waals surface area contributed by atoms with Crippen LogP contribution in [0.25, 0.3) is 0 Å². The van der Waals surface area contributed by atoms with Crippen molar-refractivity contribution in [3.05, 3.63) is 78.4 Å². The van der Waals surface area contributed by atoms with Crippen LogP contribution < -0.4 is 10.1 Å². The zero-order chi connectivity index (χ0) is 17.1. The maximum Gasteiger partial charge on any atom is 0.127 e. The topological polar surface area (TPSA) is 59.3 Å². The number of nitrogens with zero attached hydrogens (tertiary/aromatic N) is 2. The van der Waals surface area contributed by atoms with Crippen LogP contribution in [-0.4, -0.2) is 27.3 Å². The van der Waals surface area contributed by atoms with Crippen LogP contribution in [0, 0.1) is 0 Å². The minimum Gasteiger partial charge on any atom is -0.457 e.